The molecule has 0 heterocycles. The summed E-state index contributed by atoms with van der Waals surface area (Å²) in [5, 5.41) is 2.41. The van der Waals surface area contributed by atoms with Crippen LogP contribution in [0.15, 0.2) is 11.7 Å². The zero-order chi connectivity index (χ0) is 7.98. The minimum Gasteiger partial charge on any atom is -0.330 e. The molecule has 10 heavy (non-hydrogen) atoms. The fourth-order valence-corrected chi connectivity index (χ4v) is 0.469. The second-order valence-corrected chi connectivity index (χ2v) is 2.07. The first kappa shape index (κ1) is 9.46. The second kappa shape index (κ2) is 5.26. The van der Waals surface area contributed by atoms with Crippen LogP contribution < -0.4 is 11.1 Å². The molecular formula is C6H11ClN2O. The third kappa shape index (κ3) is 3.48. The second-order valence-electron chi connectivity index (χ2n) is 1.82. The van der Waals surface area contributed by atoms with E-state index in [0.29, 0.717) is 6.42 Å². The van der Waals surface area contributed by atoms with Crippen molar-refractivity contribution < 1.29 is 4.79 Å². The number of carbonyl (C=O) groups is 1. The summed E-state index contributed by atoms with van der Waals surface area (Å²) < 4.78 is 0. The summed E-state index contributed by atoms with van der Waals surface area (Å²) in [7, 11) is 0. The van der Waals surface area contributed by atoms with Crippen LogP contribution in [0.3, 0.4) is 0 Å². The SMILES string of the molecule is CC[C@H](N)C(=O)NC=CCl. The lowest BCUT2D eigenvalue weighted by Crippen LogP contribution is -2.37. The molecule has 0 fully saturated rings. The summed E-state index contributed by atoms with van der Waals surface area (Å²) in [4.78, 5) is 10.8. The van der Waals surface area contributed by atoms with Crippen LogP contribution in [0.4, 0.5) is 0 Å². The van der Waals surface area contributed by atoms with E-state index in [-0.39, 0.29) is 5.91 Å². The minimum absolute atomic E-state index is 0.209. The van der Waals surface area contributed by atoms with Crippen molar-refractivity contribution in [3.05, 3.63) is 11.7 Å². The van der Waals surface area contributed by atoms with Crippen molar-refractivity contribution >= 4 is 17.5 Å². The molecule has 0 spiro atoms. The van der Waals surface area contributed by atoms with Crippen molar-refractivity contribution in [1.29, 1.82) is 0 Å². The quantitative estimate of drug-likeness (QED) is 0.637. The maximum absolute atomic E-state index is 10.8. The zero-order valence-electron chi connectivity index (χ0n) is 5.80. The number of carbonyl (C=O) groups excluding carboxylic acids is 1. The lowest BCUT2D eigenvalue weighted by atomic mass is 10.2. The van der Waals surface area contributed by atoms with Gasteiger partial charge in [0.2, 0.25) is 5.91 Å². The van der Waals surface area contributed by atoms with E-state index in [2.05, 4.69) is 5.32 Å². The van der Waals surface area contributed by atoms with Gasteiger partial charge < -0.3 is 11.1 Å². The fourth-order valence-electron chi connectivity index (χ4n) is 0.406. The van der Waals surface area contributed by atoms with Crippen LogP contribution >= 0.6 is 11.6 Å². The van der Waals surface area contributed by atoms with Crippen molar-refractivity contribution in [1.82, 2.24) is 5.32 Å². The van der Waals surface area contributed by atoms with E-state index < -0.39 is 6.04 Å². The number of hydrogen-bond acceptors (Lipinski definition) is 2. The van der Waals surface area contributed by atoms with E-state index in [1.54, 1.807) is 0 Å². The summed E-state index contributed by atoms with van der Waals surface area (Å²) in [5.74, 6) is -0.209. The molecule has 0 unspecified atom stereocenters. The van der Waals surface area contributed by atoms with E-state index in [4.69, 9.17) is 17.3 Å². The van der Waals surface area contributed by atoms with Gasteiger partial charge in [0.25, 0.3) is 0 Å². The fraction of sp³-hybridized carbons (Fsp3) is 0.500. The lowest BCUT2D eigenvalue weighted by Gasteiger charge is -2.04. The molecule has 0 aliphatic rings. The number of amides is 1. The summed E-state index contributed by atoms with van der Waals surface area (Å²) in [6.07, 6.45) is 1.97. The predicted octanol–water partition coefficient (Wildman–Crippen LogP) is 0.550. The molecule has 0 aromatic heterocycles. The molecule has 1 amide bonds. The molecular weight excluding hydrogens is 152 g/mol. The zero-order valence-corrected chi connectivity index (χ0v) is 6.56. The Labute approximate surface area is 65.2 Å². The Morgan fingerprint density at radius 2 is 2.50 bits per heavy atom. The highest BCUT2D eigenvalue weighted by molar-refractivity contribution is 6.25. The monoisotopic (exact) mass is 162 g/mol. The molecule has 1 atom stereocenters. The first-order valence-corrected chi connectivity index (χ1v) is 3.47. The molecule has 0 aliphatic carbocycles. The smallest absolute Gasteiger partial charge is 0.240 e. The molecule has 0 aromatic carbocycles. The molecule has 0 saturated carbocycles. The summed E-state index contributed by atoms with van der Waals surface area (Å²) >= 11 is 5.16. The van der Waals surface area contributed by atoms with Crippen molar-refractivity contribution in [3.63, 3.8) is 0 Å². The molecule has 0 bridgehead atoms. The van der Waals surface area contributed by atoms with Crippen molar-refractivity contribution in [2.24, 2.45) is 5.73 Å². The Balaban J connectivity index is 3.62. The Morgan fingerprint density at radius 3 is 2.90 bits per heavy atom. The van der Waals surface area contributed by atoms with Crippen LogP contribution in [0.25, 0.3) is 0 Å². The maximum Gasteiger partial charge on any atom is 0.240 e. The number of rotatable bonds is 3. The number of halogens is 1. The molecule has 0 rings (SSSR count). The predicted molar refractivity (Wildman–Crippen MR) is 41.4 cm³/mol. The molecule has 58 valence electrons. The van der Waals surface area contributed by atoms with Crippen molar-refractivity contribution in [3.8, 4) is 0 Å². The Bertz CT molecular complexity index is 136. The number of nitrogens with one attached hydrogen (secondary N) is 1. The largest absolute Gasteiger partial charge is 0.330 e. The molecule has 0 aliphatic heterocycles. The third-order valence-electron chi connectivity index (χ3n) is 1.07. The molecule has 0 aromatic rings. The van der Waals surface area contributed by atoms with Crippen LogP contribution in [-0.2, 0) is 4.79 Å². The van der Waals surface area contributed by atoms with Crippen LogP contribution in [-0.4, -0.2) is 11.9 Å². The first-order valence-electron chi connectivity index (χ1n) is 3.03. The van der Waals surface area contributed by atoms with Gasteiger partial charge in [-0.25, -0.2) is 0 Å². The summed E-state index contributed by atoms with van der Waals surface area (Å²) in [5.41, 5.74) is 6.59. The third-order valence-corrected chi connectivity index (χ3v) is 1.19. The molecule has 0 saturated heterocycles. The van der Waals surface area contributed by atoms with Crippen LogP contribution in [0.5, 0.6) is 0 Å². The minimum atomic E-state index is -0.437. The lowest BCUT2D eigenvalue weighted by molar-refractivity contribution is -0.121. The van der Waals surface area contributed by atoms with Gasteiger partial charge in [0.1, 0.15) is 0 Å². The van der Waals surface area contributed by atoms with E-state index in [1.807, 2.05) is 6.92 Å². The van der Waals surface area contributed by atoms with Gasteiger partial charge in [-0.05, 0) is 6.42 Å². The van der Waals surface area contributed by atoms with Gasteiger partial charge in [0, 0.05) is 11.7 Å². The van der Waals surface area contributed by atoms with Gasteiger partial charge in [0.15, 0.2) is 0 Å². The first-order chi connectivity index (χ1) is 4.72. The van der Waals surface area contributed by atoms with Gasteiger partial charge in [-0.2, -0.15) is 0 Å². The Morgan fingerprint density at radius 1 is 1.90 bits per heavy atom. The van der Waals surface area contributed by atoms with Gasteiger partial charge in [0.05, 0.1) is 6.04 Å². The average molecular weight is 163 g/mol. The molecule has 3 nitrogen and oxygen atoms in total. The van der Waals surface area contributed by atoms with Crippen LogP contribution in [0, 0.1) is 0 Å². The highest BCUT2D eigenvalue weighted by atomic mass is 35.5. The van der Waals surface area contributed by atoms with Crippen LogP contribution in [0.1, 0.15) is 13.3 Å². The Hall–Kier alpha value is -0.540. The highest BCUT2D eigenvalue weighted by Gasteiger charge is 2.07. The van der Waals surface area contributed by atoms with Gasteiger partial charge in [-0.15, -0.1) is 0 Å². The summed E-state index contributed by atoms with van der Waals surface area (Å²) in [6.45, 7) is 1.84. The maximum atomic E-state index is 10.8. The normalized spacial score (nSPS) is 13.5. The standard InChI is InChI=1S/C6H11ClN2O/c1-2-5(8)6(10)9-4-3-7/h3-5H,2,8H2,1H3,(H,9,10)/t5-/m0/s1. The van der Waals surface area contributed by atoms with Crippen molar-refractivity contribution in [2.45, 2.75) is 19.4 Å². The van der Waals surface area contributed by atoms with E-state index >= 15 is 0 Å². The van der Waals surface area contributed by atoms with E-state index in [0.717, 1.165) is 0 Å². The van der Waals surface area contributed by atoms with Gasteiger partial charge >= 0.3 is 0 Å². The summed E-state index contributed by atoms with van der Waals surface area (Å²) in [6, 6.07) is -0.437. The van der Waals surface area contributed by atoms with E-state index in [9.17, 15) is 4.79 Å². The topological polar surface area (TPSA) is 55.1 Å². The van der Waals surface area contributed by atoms with Crippen molar-refractivity contribution in [2.75, 3.05) is 0 Å². The number of nitrogens with two attached hydrogens (primary N) is 1. The highest BCUT2D eigenvalue weighted by Crippen LogP contribution is 1.85. The number of hydrogen-bond donors (Lipinski definition) is 2. The molecule has 3 N–H and O–H groups in total. The van der Waals surface area contributed by atoms with Gasteiger partial charge in [-0.3, -0.25) is 4.79 Å². The van der Waals surface area contributed by atoms with E-state index in [1.165, 1.54) is 11.7 Å². The molecule has 0 radical (unpaired) electrons. The van der Waals surface area contributed by atoms with Crippen LogP contribution in [0.2, 0.25) is 0 Å². The average Bonchev–Trinajstić information content (AvgIpc) is 1.98. The Kier molecular flexibility index (Phi) is 4.98. The molecule has 4 heteroatoms. The van der Waals surface area contributed by atoms with Gasteiger partial charge in [-0.1, -0.05) is 18.5 Å².